The fraction of sp³-hybridized carbons (Fsp3) is 0.208. The van der Waals surface area contributed by atoms with Crippen molar-refractivity contribution in [1.29, 1.82) is 0 Å². The average molecular weight is 425 g/mol. The molecular weight excluding hydrogens is 402 g/mol. The first-order valence-corrected chi connectivity index (χ1v) is 10.7. The number of nitrogens with zero attached hydrogens (tertiary/aromatic N) is 6. The predicted octanol–water partition coefficient (Wildman–Crippen LogP) is 3.79. The maximum absolute atomic E-state index is 13.1. The van der Waals surface area contributed by atoms with Gasteiger partial charge in [0.15, 0.2) is 17.1 Å². The van der Waals surface area contributed by atoms with Gasteiger partial charge < -0.3 is 5.32 Å². The summed E-state index contributed by atoms with van der Waals surface area (Å²) in [7, 11) is 0. The number of nitrogens with one attached hydrogen (secondary N) is 1. The molecule has 1 amide bonds. The van der Waals surface area contributed by atoms with Gasteiger partial charge >= 0.3 is 0 Å². The van der Waals surface area contributed by atoms with Crippen molar-refractivity contribution in [3.8, 4) is 0 Å². The van der Waals surface area contributed by atoms with Gasteiger partial charge in [-0.1, -0.05) is 49.7 Å². The number of hydrogen-bond donors (Lipinski definition) is 1. The van der Waals surface area contributed by atoms with Gasteiger partial charge in [-0.15, -0.1) is 10.2 Å². The third-order valence-electron chi connectivity index (χ3n) is 5.45. The van der Waals surface area contributed by atoms with Gasteiger partial charge in [0.05, 0.1) is 24.3 Å². The summed E-state index contributed by atoms with van der Waals surface area (Å²) in [5.41, 5.74) is 3.14. The minimum atomic E-state index is -0.249. The zero-order chi connectivity index (χ0) is 21.9. The number of fused-ring (bicyclic) bond motifs is 2. The molecule has 160 valence electrons. The number of carbonyl (C=O) groups is 1. The highest BCUT2D eigenvalue weighted by Gasteiger charge is 2.21. The van der Waals surface area contributed by atoms with E-state index in [1.165, 1.54) is 0 Å². The maximum atomic E-state index is 13.1. The van der Waals surface area contributed by atoms with E-state index in [1.54, 1.807) is 12.4 Å². The van der Waals surface area contributed by atoms with Crippen molar-refractivity contribution in [2.24, 2.45) is 0 Å². The van der Waals surface area contributed by atoms with Crippen molar-refractivity contribution < 1.29 is 4.79 Å². The second kappa shape index (κ2) is 8.58. The first kappa shape index (κ1) is 19.9. The van der Waals surface area contributed by atoms with Crippen molar-refractivity contribution in [3.05, 3.63) is 90.1 Å². The predicted molar refractivity (Wildman–Crippen MR) is 121 cm³/mol. The Hall–Kier alpha value is -4.07. The lowest BCUT2D eigenvalue weighted by Crippen LogP contribution is -2.30. The third kappa shape index (κ3) is 3.82. The minimum absolute atomic E-state index is 0.193. The Kier molecular flexibility index (Phi) is 5.33. The molecule has 0 saturated heterocycles. The van der Waals surface area contributed by atoms with E-state index in [0.717, 1.165) is 40.9 Å². The monoisotopic (exact) mass is 425 g/mol. The second-order valence-corrected chi connectivity index (χ2v) is 7.73. The lowest BCUT2D eigenvalue weighted by molar-refractivity contribution is 0.0932. The molecule has 4 aromatic heterocycles. The highest BCUT2D eigenvalue weighted by Crippen LogP contribution is 2.20. The van der Waals surface area contributed by atoms with Crippen LogP contribution in [0.5, 0.6) is 0 Å². The van der Waals surface area contributed by atoms with Crippen molar-refractivity contribution in [1.82, 2.24) is 34.7 Å². The summed E-state index contributed by atoms with van der Waals surface area (Å²) < 4.78 is 3.75. The summed E-state index contributed by atoms with van der Waals surface area (Å²) in [6.45, 7) is 2.71. The van der Waals surface area contributed by atoms with E-state index < -0.39 is 0 Å². The molecule has 0 fully saturated rings. The third-order valence-corrected chi connectivity index (χ3v) is 5.45. The van der Waals surface area contributed by atoms with Crippen LogP contribution in [0.15, 0.2) is 73.2 Å². The summed E-state index contributed by atoms with van der Waals surface area (Å²) in [5, 5.41) is 16.9. The van der Waals surface area contributed by atoms with Crippen LogP contribution in [0.1, 0.15) is 47.6 Å². The molecule has 8 heteroatoms. The van der Waals surface area contributed by atoms with Gasteiger partial charge in [-0.25, -0.2) is 9.67 Å². The van der Waals surface area contributed by atoms with Crippen molar-refractivity contribution in [2.75, 3.05) is 0 Å². The molecule has 5 rings (SSSR count). The van der Waals surface area contributed by atoms with E-state index in [2.05, 4.69) is 44.7 Å². The molecule has 0 radical (unpaired) electrons. The molecule has 1 unspecified atom stereocenters. The number of aromatic nitrogens is 6. The number of rotatable bonds is 7. The molecular formula is C24H23N7O. The fourth-order valence-electron chi connectivity index (χ4n) is 3.86. The smallest absolute Gasteiger partial charge is 0.253 e. The summed E-state index contributed by atoms with van der Waals surface area (Å²) in [4.78, 5) is 17.6. The van der Waals surface area contributed by atoms with Crippen LogP contribution in [0.25, 0.3) is 16.7 Å². The number of carbonyl (C=O) groups excluding carboxylic acids is 1. The molecule has 1 atom stereocenters. The van der Waals surface area contributed by atoms with Crippen LogP contribution in [0.3, 0.4) is 0 Å². The normalized spacial score (nSPS) is 12.3. The average Bonchev–Trinajstić information content (AvgIpc) is 3.43. The van der Waals surface area contributed by atoms with E-state index in [0.29, 0.717) is 12.1 Å². The van der Waals surface area contributed by atoms with E-state index in [1.807, 2.05) is 57.7 Å². The van der Waals surface area contributed by atoms with Crippen LogP contribution in [0, 0.1) is 0 Å². The molecule has 1 N–H and O–H groups in total. The van der Waals surface area contributed by atoms with Crippen LogP contribution in [0.2, 0.25) is 0 Å². The van der Waals surface area contributed by atoms with Gasteiger partial charge in [0.2, 0.25) is 0 Å². The molecule has 0 aliphatic heterocycles. The number of amides is 1. The van der Waals surface area contributed by atoms with Crippen molar-refractivity contribution >= 4 is 22.6 Å². The Bertz CT molecular complexity index is 1370. The Morgan fingerprint density at radius 2 is 1.91 bits per heavy atom. The van der Waals surface area contributed by atoms with Crippen LogP contribution in [0.4, 0.5) is 0 Å². The molecule has 0 aliphatic rings. The number of benzene rings is 1. The molecule has 8 nitrogen and oxygen atoms in total. The summed E-state index contributed by atoms with van der Waals surface area (Å²) >= 11 is 0. The zero-order valence-corrected chi connectivity index (χ0v) is 17.7. The van der Waals surface area contributed by atoms with E-state index in [-0.39, 0.29) is 11.9 Å². The Balaban J connectivity index is 1.39. The molecule has 32 heavy (non-hydrogen) atoms. The molecule has 0 saturated carbocycles. The van der Waals surface area contributed by atoms with Crippen LogP contribution in [-0.4, -0.2) is 35.3 Å². The molecule has 5 aromatic rings. The lowest BCUT2D eigenvalue weighted by Gasteiger charge is -2.16. The molecule has 0 spiro atoms. The van der Waals surface area contributed by atoms with Crippen LogP contribution < -0.4 is 5.32 Å². The standard InChI is InChI=1S/C24H23N7O/c1-2-8-20(23-29-28-21-11-6-7-12-30(21)23)27-24(32)19-13-18-15-26-31(22(18)25-14-19)16-17-9-4-3-5-10-17/h3-7,9-15,20H,2,8,16H2,1H3,(H,27,32). The van der Waals surface area contributed by atoms with Gasteiger partial charge in [0.25, 0.3) is 5.91 Å². The second-order valence-electron chi connectivity index (χ2n) is 7.73. The Morgan fingerprint density at radius 1 is 1.06 bits per heavy atom. The van der Waals surface area contributed by atoms with E-state index in [9.17, 15) is 4.79 Å². The fourth-order valence-corrected chi connectivity index (χ4v) is 3.86. The summed E-state index contributed by atoms with van der Waals surface area (Å²) in [5.74, 6) is 0.529. The van der Waals surface area contributed by atoms with Gasteiger partial charge in [0.1, 0.15) is 0 Å². The van der Waals surface area contributed by atoms with Gasteiger partial charge in [-0.05, 0) is 30.2 Å². The SMILES string of the molecule is CCCC(NC(=O)c1cnc2c(cnn2Cc2ccccc2)c1)c1nnc2ccccn12. The first-order chi connectivity index (χ1) is 15.7. The molecule has 0 aliphatic carbocycles. The van der Waals surface area contributed by atoms with Crippen molar-refractivity contribution in [2.45, 2.75) is 32.4 Å². The van der Waals surface area contributed by atoms with Crippen molar-refractivity contribution in [3.63, 3.8) is 0 Å². The van der Waals surface area contributed by atoms with Gasteiger partial charge in [-0.2, -0.15) is 5.10 Å². The lowest BCUT2D eigenvalue weighted by atomic mass is 10.1. The topological polar surface area (TPSA) is 90.0 Å². The highest BCUT2D eigenvalue weighted by molar-refractivity contribution is 5.97. The largest absolute Gasteiger partial charge is 0.342 e. The number of hydrogen-bond acceptors (Lipinski definition) is 5. The quantitative estimate of drug-likeness (QED) is 0.428. The Morgan fingerprint density at radius 3 is 2.75 bits per heavy atom. The van der Waals surface area contributed by atoms with Crippen LogP contribution >= 0.6 is 0 Å². The molecule has 0 bridgehead atoms. The van der Waals surface area contributed by atoms with Gasteiger partial charge in [-0.3, -0.25) is 9.20 Å². The zero-order valence-electron chi connectivity index (χ0n) is 17.7. The molecule has 4 heterocycles. The van der Waals surface area contributed by atoms with E-state index >= 15 is 0 Å². The minimum Gasteiger partial charge on any atom is -0.342 e. The number of pyridine rings is 2. The van der Waals surface area contributed by atoms with Gasteiger partial charge in [0, 0.05) is 17.8 Å². The van der Waals surface area contributed by atoms with E-state index in [4.69, 9.17) is 0 Å². The Labute approximate surface area is 184 Å². The maximum Gasteiger partial charge on any atom is 0.253 e. The summed E-state index contributed by atoms with van der Waals surface area (Å²) in [6, 6.07) is 17.4. The molecule has 1 aromatic carbocycles. The van der Waals surface area contributed by atoms with Crippen LogP contribution in [-0.2, 0) is 6.54 Å². The summed E-state index contributed by atoms with van der Waals surface area (Å²) in [6.07, 6.45) is 6.92. The highest BCUT2D eigenvalue weighted by atomic mass is 16.1. The first-order valence-electron chi connectivity index (χ1n) is 10.7.